The molecular formula is C17H16O3. The first kappa shape index (κ1) is 14.0. The molecule has 1 aromatic heterocycles. The Hall–Kier alpha value is -2.47. The van der Waals surface area contributed by atoms with Crippen molar-refractivity contribution in [1.82, 2.24) is 0 Å². The van der Waals surface area contributed by atoms with Crippen molar-refractivity contribution in [2.24, 2.45) is 0 Å². The van der Waals surface area contributed by atoms with Crippen LogP contribution >= 0.6 is 0 Å². The Labute approximate surface area is 117 Å². The fourth-order valence-electron chi connectivity index (χ4n) is 1.80. The smallest absolute Gasteiger partial charge is 0.343 e. The molecule has 3 heteroatoms. The number of terminal acetylenes is 1. The maximum Gasteiger partial charge on any atom is 0.343 e. The van der Waals surface area contributed by atoms with E-state index in [9.17, 15) is 4.79 Å². The zero-order chi connectivity index (χ0) is 14.9. The molecule has 0 radical (unpaired) electrons. The minimum atomic E-state index is -0.742. The number of hydrogen-bond donors (Lipinski definition) is 0. The molecule has 3 nitrogen and oxygen atoms in total. The third-order valence-electron chi connectivity index (χ3n) is 2.91. The maximum atomic E-state index is 11.8. The van der Waals surface area contributed by atoms with Gasteiger partial charge in [-0.3, -0.25) is 0 Å². The fourth-order valence-corrected chi connectivity index (χ4v) is 1.80. The molecule has 0 atom stereocenters. The zero-order valence-corrected chi connectivity index (χ0v) is 11.8. The third kappa shape index (κ3) is 2.60. The molecule has 0 aliphatic carbocycles. The summed E-state index contributed by atoms with van der Waals surface area (Å²) in [4.78, 5) is 11.8. The van der Waals surface area contributed by atoms with E-state index in [1.165, 1.54) is 0 Å². The molecule has 0 saturated heterocycles. The topological polar surface area (TPSA) is 39.4 Å². The summed E-state index contributed by atoms with van der Waals surface area (Å²) < 4.78 is 11.1. The second-order valence-corrected chi connectivity index (χ2v) is 5.15. The maximum absolute atomic E-state index is 11.8. The van der Waals surface area contributed by atoms with Crippen LogP contribution < -0.4 is 10.4 Å². The summed E-state index contributed by atoms with van der Waals surface area (Å²) in [6.45, 7) is 9.13. The second-order valence-electron chi connectivity index (χ2n) is 5.15. The lowest BCUT2D eigenvalue weighted by atomic mass is 10.1. The summed E-state index contributed by atoms with van der Waals surface area (Å²) in [5.41, 5.74) is 0.399. The number of rotatable bonds is 3. The first-order chi connectivity index (χ1) is 9.34. The highest BCUT2D eigenvalue weighted by molar-refractivity contribution is 5.86. The van der Waals surface area contributed by atoms with E-state index in [0.29, 0.717) is 27.9 Å². The number of benzene rings is 1. The van der Waals surface area contributed by atoms with Gasteiger partial charge in [0.15, 0.2) is 5.60 Å². The Balaban J connectivity index is 2.68. The summed E-state index contributed by atoms with van der Waals surface area (Å²) in [5, 5.41) is 0.702. The molecule has 0 fully saturated rings. The lowest BCUT2D eigenvalue weighted by Crippen LogP contribution is -2.25. The van der Waals surface area contributed by atoms with E-state index >= 15 is 0 Å². The van der Waals surface area contributed by atoms with E-state index in [2.05, 4.69) is 12.5 Å². The first-order valence-corrected chi connectivity index (χ1v) is 6.23. The predicted molar refractivity (Wildman–Crippen MR) is 80.7 cm³/mol. The second kappa shape index (κ2) is 4.90. The van der Waals surface area contributed by atoms with Crippen LogP contribution in [0.25, 0.3) is 16.5 Å². The van der Waals surface area contributed by atoms with E-state index in [4.69, 9.17) is 15.6 Å². The molecule has 0 saturated carbocycles. The molecular weight excluding hydrogens is 252 g/mol. The van der Waals surface area contributed by atoms with Crippen LogP contribution in [0.5, 0.6) is 5.75 Å². The lowest BCUT2D eigenvalue weighted by molar-refractivity contribution is 0.175. The van der Waals surface area contributed by atoms with Crippen molar-refractivity contribution in [2.75, 3.05) is 0 Å². The van der Waals surface area contributed by atoms with Crippen molar-refractivity contribution in [3.8, 4) is 18.1 Å². The van der Waals surface area contributed by atoms with Gasteiger partial charge in [-0.1, -0.05) is 18.6 Å². The quantitative estimate of drug-likeness (QED) is 0.630. The van der Waals surface area contributed by atoms with Crippen molar-refractivity contribution >= 4 is 16.5 Å². The SMILES string of the molecule is C#CC(C)(C)Oc1cccc2oc(=O)c(C(=C)C)cc12. The zero-order valence-electron chi connectivity index (χ0n) is 11.8. The van der Waals surface area contributed by atoms with Gasteiger partial charge in [-0.25, -0.2) is 4.79 Å². The standard InChI is InChI=1S/C17H16O3/c1-6-17(4,5)20-15-9-7-8-14-13(15)10-12(11(2)3)16(18)19-14/h1,7-10H,2H2,3-5H3. The van der Waals surface area contributed by atoms with Gasteiger partial charge in [0.25, 0.3) is 0 Å². The van der Waals surface area contributed by atoms with Crippen molar-refractivity contribution < 1.29 is 9.15 Å². The van der Waals surface area contributed by atoms with Crippen LogP contribution in [0.1, 0.15) is 26.3 Å². The van der Waals surface area contributed by atoms with Crippen molar-refractivity contribution in [2.45, 2.75) is 26.4 Å². The van der Waals surface area contributed by atoms with E-state index in [1.54, 1.807) is 45.0 Å². The summed E-state index contributed by atoms with van der Waals surface area (Å²) in [5.74, 6) is 3.15. The highest BCUT2D eigenvalue weighted by atomic mass is 16.5. The van der Waals surface area contributed by atoms with Gasteiger partial charge in [-0.2, -0.15) is 0 Å². The molecule has 1 aromatic carbocycles. The molecule has 0 unspecified atom stereocenters. The Kier molecular flexibility index (Phi) is 3.42. The highest BCUT2D eigenvalue weighted by Gasteiger charge is 2.18. The Bertz CT molecular complexity index is 773. The van der Waals surface area contributed by atoms with Gasteiger partial charge in [-0.15, -0.1) is 6.42 Å². The molecule has 0 N–H and O–H groups in total. The molecule has 0 amide bonds. The van der Waals surface area contributed by atoms with Crippen LogP contribution in [-0.4, -0.2) is 5.60 Å². The molecule has 2 rings (SSSR count). The third-order valence-corrected chi connectivity index (χ3v) is 2.91. The van der Waals surface area contributed by atoms with E-state index in [-0.39, 0.29) is 0 Å². The van der Waals surface area contributed by atoms with Crippen LogP contribution in [0.4, 0.5) is 0 Å². The number of ether oxygens (including phenoxy) is 1. The van der Waals surface area contributed by atoms with E-state index in [0.717, 1.165) is 0 Å². The van der Waals surface area contributed by atoms with E-state index < -0.39 is 11.2 Å². The molecule has 20 heavy (non-hydrogen) atoms. The average molecular weight is 268 g/mol. The van der Waals surface area contributed by atoms with Gasteiger partial charge >= 0.3 is 5.63 Å². The van der Waals surface area contributed by atoms with E-state index in [1.807, 2.05) is 0 Å². The van der Waals surface area contributed by atoms with Crippen LogP contribution in [0.15, 0.2) is 40.1 Å². The van der Waals surface area contributed by atoms with Gasteiger partial charge in [-0.05, 0) is 44.5 Å². The first-order valence-electron chi connectivity index (χ1n) is 6.23. The Morgan fingerprint density at radius 3 is 2.75 bits per heavy atom. The van der Waals surface area contributed by atoms with Crippen molar-refractivity contribution in [3.05, 3.63) is 46.8 Å². The molecule has 0 aliphatic heterocycles. The van der Waals surface area contributed by atoms with Crippen molar-refractivity contribution in [1.29, 1.82) is 0 Å². The summed E-state index contributed by atoms with van der Waals surface area (Å²) in [6.07, 6.45) is 5.44. The van der Waals surface area contributed by atoms with Crippen LogP contribution in [-0.2, 0) is 0 Å². The summed E-state index contributed by atoms with van der Waals surface area (Å²) in [7, 11) is 0. The van der Waals surface area contributed by atoms with Gasteiger partial charge in [0.05, 0.1) is 10.9 Å². The molecule has 0 spiro atoms. The minimum Gasteiger partial charge on any atom is -0.474 e. The van der Waals surface area contributed by atoms with Crippen LogP contribution in [0.2, 0.25) is 0 Å². The Morgan fingerprint density at radius 2 is 2.15 bits per heavy atom. The lowest BCUT2D eigenvalue weighted by Gasteiger charge is -2.21. The summed E-state index contributed by atoms with van der Waals surface area (Å²) >= 11 is 0. The number of hydrogen-bond acceptors (Lipinski definition) is 3. The minimum absolute atomic E-state index is 0.404. The van der Waals surface area contributed by atoms with Gasteiger partial charge in [0.1, 0.15) is 11.3 Å². The number of fused-ring (bicyclic) bond motifs is 1. The fraction of sp³-hybridized carbons (Fsp3) is 0.235. The van der Waals surface area contributed by atoms with Crippen molar-refractivity contribution in [3.63, 3.8) is 0 Å². The average Bonchev–Trinajstić information content (AvgIpc) is 2.37. The normalized spacial score (nSPS) is 11.1. The van der Waals surface area contributed by atoms with Gasteiger partial charge in [0.2, 0.25) is 0 Å². The van der Waals surface area contributed by atoms with Crippen LogP contribution in [0.3, 0.4) is 0 Å². The molecule has 1 heterocycles. The molecule has 102 valence electrons. The van der Waals surface area contributed by atoms with Gasteiger partial charge in [0, 0.05) is 0 Å². The Morgan fingerprint density at radius 1 is 1.45 bits per heavy atom. The summed E-state index contributed by atoms with van der Waals surface area (Å²) in [6, 6.07) is 7.00. The van der Waals surface area contributed by atoms with Gasteiger partial charge < -0.3 is 9.15 Å². The van der Waals surface area contributed by atoms with Crippen LogP contribution in [0, 0.1) is 12.3 Å². The molecule has 0 bridgehead atoms. The molecule has 0 aliphatic rings. The highest BCUT2D eigenvalue weighted by Crippen LogP contribution is 2.29. The number of allylic oxidation sites excluding steroid dienone is 1. The monoisotopic (exact) mass is 268 g/mol. The molecule has 2 aromatic rings. The predicted octanol–water partition coefficient (Wildman–Crippen LogP) is 3.62. The largest absolute Gasteiger partial charge is 0.474 e.